The van der Waals surface area contributed by atoms with Crippen LogP contribution in [0.25, 0.3) is 11.3 Å². The number of halogens is 1. The first-order chi connectivity index (χ1) is 15.0. The van der Waals surface area contributed by atoms with Crippen molar-refractivity contribution in [3.05, 3.63) is 47.1 Å². The van der Waals surface area contributed by atoms with E-state index in [-0.39, 0.29) is 5.91 Å². The number of anilines is 1. The Labute approximate surface area is 189 Å². The molecule has 1 N–H and O–H groups in total. The van der Waals surface area contributed by atoms with Crippen LogP contribution in [0.3, 0.4) is 0 Å². The molecule has 1 aromatic heterocycles. The second kappa shape index (κ2) is 10.4. The minimum Gasteiger partial charge on any atom is -0.495 e. The van der Waals surface area contributed by atoms with Crippen LogP contribution in [0.5, 0.6) is 17.2 Å². The molecule has 0 fully saturated rings. The maximum atomic E-state index is 13.2. The fourth-order valence-corrected chi connectivity index (χ4v) is 3.71. The lowest BCUT2D eigenvalue weighted by Gasteiger charge is -2.12. The molecule has 2 aromatic carbocycles. The summed E-state index contributed by atoms with van der Waals surface area (Å²) < 4.78 is 17.4. The minimum atomic E-state index is -0.354. The van der Waals surface area contributed by atoms with Crippen molar-refractivity contribution in [3.8, 4) is 28.5 Å². The molecule has 31 heavy (non-hydrogen) atoms. The average molecular weight is 463 g/mol. The standard InChI is InChI=1S/C21H23ClN4O4S/c1-5-31-12-26-20(21(27)23-14-7-9-16(28-2)15(22)11-14)19(24-25-26)13-6-8-17(29-3)18(10-13)30-4/h6-11H,5,12H2,1-4H3,(H,23,27). The molecule has 0 saturated heterocycles. The van der Waals surface area contributed by atoms with Crippen molar-refractivity contribution in [1.82, 2.24) is 15.0 Å². The summed E-state index contributed by atoms with van der Waals surface area (Å²) in [5, 5.41) is 11.7. The Balaban J connectivity index is 2.00. The van der Waals surface area contributed by atoms with Crippen LogP contribution < -0.4 is 19.5 Å². The molecule has 0 aliphatic carbocycles. The van der Waals surface area contributed by atoms with Crippen LogP contribution in [0.15, 0.2) is 36.4 Å². The number of carbonyl (C=O) groups excluding carboxylic acids is 1. The number of hydrogen-bond acceptors (Lipinski definition) is 7. The van der Waals surface area contributed by atoms with Crippen molar-refractivity contribution in [2.75, 3.05) is 32.4 Å². The maximum absolute atomic E-state index is 13.2. The van der Waals surface area contributed by atoms with E-state index in [0.717, 1.165) is 5.75 Å². The van der Waals surface area contributed by atoms with Gasteiger partial charge in [-0.2, -0.15) is 0 Å². The quantitative estimate of drug-likeness (QED) is 0.497. The second-order valence-electron chi connectivity index (χ2n) is 6.28. The number of benzene rings is 2. The van der Waals surface area contributed by atoms with Gasteiger partial charge >= 0.3 is 0 Å². The van der Waals surface area contributed by atoms with Crippen LogP contribution in [0.1, 0.15) is 17.4 Å². The normalized spacial score (nSPS) is 10.6. The Bertz CT molecular complexity index is 1070. The van der Waals surface area contributed by atoms with Crippen molar-refractivity contribution < 1.29 is 19.0 Å². The molecule has 10 heteroatoms. The van der Waals surface area contributed by atoms with Crippen molar-refractivity contribution >= 4 is 35.0 Å². The molecule has 0 atom stereocenters. The average Bonchev–Trinajstić information content (AvgIpc) is 3.21. The fraction of sp³-hybridized carbons (Fsp3) is 0.286. The molecule has 0 bridgehead atoms. The highest BCUT2D eigenvalue weighted by atomic mass is 35.5. The third-order valence-electron chi connectivity index (χ3n) is 4.43. The van der Waals surface area contributed by atoms with Crippen molar-refractivity contribution in [2.24, 2.45) is 0 Å². The van der Waals surface area contributed by atoms with Gasteiger partial charge in [-0.1, -0.05) is 23.7 Å². The van der Waals surface area contributed by atoms with E-state index < -0.39 is 0 Å². The van der Waals surface area contributed by atoms with E-state index in [4.69, 9.17) is 25.8 Å². The SMILES string of the molecule is CCSCn1nnc(-c2ccc(OC)c(OC)c2)c1C(=O)Nc1ccc(OC)c(Cl)c1. The van der Waals surface area contributed by atoms with Gasteiger partial charge in [0.25, 0.3) is 5.91 Å². The first-order valence-electron chi connectivity index (χ1n) is 9.40. The monoisotopic (exact) mass is 462 g/mol. The zero-order chi connectivity index (χ0) is 22.4. The van der Waals surface area contributed by atoms with E-state index in [9.17, 15) is 4.79 Å². The van der Waals surface area contributed by atoms with Gasteiger partial charge in [-0.3, -0.25) is 4.79 Å². The third-order valence-corrected chi connectivity index (χ3v) is 5.57. The van der Waals surface area contributed by atoms with E-state index in [1.807, 2.05) is 13.0 Å². The Morgan fingerprint density at radius 1 is 1.06 bits per heavy atom. The van der Waals surface area contributed by atoms with Crippen molar-refractivity contribution in [2.45, 2.75) is 12.8 Å². The van der Waals surface area contributed by atoms with E-state index >= 15 is 0 Å². The molecule has 0 aliphatic heterocycles. The van der Waals surface area contributed by atoms with Crippen molar-refractivity contribution in [3.63, 3.8) is 0 Å². The molecule has 0 aliphatic rings. The van der Waals surface area contributed by atoms with Crippen LogP contribution in [0.4, 0.5) is 5.69 Å². The van der Waals surface area contributed by atoms with Gasteiger partial charge < -0.3 is 19.5 Å². The summed E-state index contributed by atoms with van der Waals surface area (Å²) in [6.07, 6.45) is 0. The lowest BCUT2D eigenvalue weighted by Crippen LogP contribution is -2.18. The lowest BCUT2D eigenvalue weighted by atomic mass is 10.1. The van der Waals surface area contributed by atoms with Gasteiger partial charge in [-0.15, -0.1) is 16.9 Å². The van der Waals surface area contributed by atoms with E-state index in [2.05, 4.69) is 15.6 Å². The smallest absolute Gasteiger partial charge is 0.276 e. The molecule has 0 unspecified atom stereocenters. The predicted molar refractivity (Wildman–Crippen MR) is 123 cm³/mol. The number of methoxy groups -OCH3 is 3. The van der Waals surface area contributed by atoms with Crippen LogP contribution in [0.2, 0.25) is 5.02 Å². The highest BCUT2D eigenvalue weighted by Crippen LogP contribution is 2.33. The van der Waals surface area contributed by atoms with Crippen LogP contribution in [0, 0.1) is 0 Å². The lowest BCUT2D eigenvalue weighted by molar-refractivity contribution is 0.101. The summed E-state index contributed by atoms with van der Waals surface area (Å²) in [5.74, 6) is 2.65. The summed E-state index contributed by atoms with van der Waals surface area (Å²) in [6, 6.07) is 10.4. The van der Waals surface area contributed by atoms with E-state index in [0.29, 0.717) is 50.8 Å². The molecule has 1 amide bonds. The summed E-state index contributed by atoms with van der Waals surface area (Å²) in [6.45, 7) is 2.04. The van der Waals surface area contributed by atoms with Crippen LogP contribution in [-0.2, 0) is 5.88 Å². The number of hydrogen-bond donors (Lipinski definition) is 1. The maximum Gasteiger partial charge on any atom is 0.276 e. The number of nitrogens with one attached hydrogen (secondary N) is 1. The zero-order valence-electron chi connectivity index (χ0n) is 17.6. The van der Waals surface area contributed by atoms with Crippen LogP contribution in [-0.4, -0.2) is 48.0 Å². The summed E-state index contributed by atoms with van der Waals surface area (Å²) in [7, 11) is 4.65. The molecular formula is C21H23ClN4O4S. The fourth-order valence-electron chi connectivity index (χ4n) is 2.92. The Hall–Kier alpha value is -2.91. The Kier molecular flexibility index (Phi) is 7.64. The Morgan fingerprint density at radius 3 is 2.42 bits per heavy atom. The topological polar surface area (TPSA) is 87.5 Å². The molecule has 3 aromatic rings. The molecule has 1 heterocycles. The van der Waals surface area contributed by atoms with Crippen molar-refractivity contribution in [1.29, 1.82) is 0 Å². The number of carbonyl (C=O) groups is 1. The van der Waals surface area contributed by atoms with Gasteiger partial charge in [0.1, 0.15) is 11.4 Å². The number of ether oxygens (including phenoxy) is 3. The van der Waals surface area contributed by atoms with Gasteiger partial charge in [0.15, 0.2) is 17.2 Å². The molecular weight excluding hydrogens is 440 g/mol. The van der Waals surface area contributed by atoms with Gasteiger partial charge in [-0.05, 0) is 42.2 Å². The molecule has 8 nitrogen and oxygen atoms in total. The number of nitrogens with zero attached hydrogens (tertiary/aromatic N) is 3. The first-order valence-corrected chi connectivity index (χ1v) is 10.9. The molecule has 0 spiro atoms. The van der Waals surface area contributed by atoms with Gasteiger partial charge in [-0.25, -0.2) is 4.68 Å². The molecule has 0 radical (unpaired) electrons. The zero-order valence-corrected chi connectivity index (χ0v) is 19.2. The van der Waals surface area contributed by atoms with Crippen LogP contribution >= 0.6 is 23.4 Å². The summed E-state index contributed by atoms with van der Waals surface area (Å²) in [5.41, 5.74) is 1.99. The minimum absolute atomic E-state index is 0.333. The Morgan fingerprint density at radius 2 is 1.77 bits per heavy atom. The summed E-state index contributed by atoms with van der Waals surface area (Å²) >= 11 is 7.82. The summed E-state index contributed by atoms with van der Waals surface area (Å²) in [4.78, 5) is 13.2. The van der Waals surface area contributed by atoms with Gasteiger partial charge in [0.2, 0.25) is 0 Å². The van der Waals surface area contributed by atoms with E-state index in [1.165, 1.54) is 7.11 Å². The van der Waals surface area contributed by atoms with Gasteiger partial charge in [0, 0.05) is 11.3 Å². The first kappa shape index (κ1) is 22.8. The third kappa shape index (κ3) is 5.05. The van der Waals surface area contributed by atoms with Gasteiger partial charge in [0.05, 0.1) is 32.2 Å². The molecule has 3 rings (SSSR count). The molecule has 0 saturated carbocycles. The number of thioether (sulfide) groups is 1. The highest BCUT2D eigenvalue weighted by molar-refractivity contribution is 7.98. The predicted octanol–water partition coefficient (Wildman–Crippen LogP) is 4.59. The largest absolute Gasteiger partial charge is 0.495 e. The highest BCUT2D eigenvalue weighted by Gasteiger charge is 2.23. The molecule has 164 valence electrons. The number of rotatable bonds is 9. The number of amides is 1. The van der Waals surface area contributed by atoms with E-state index in [1.54, 1.807) is 61.0 Å². The number of aromatic nitrogens is 3. The second-order valence-corrected chi connectivity index (χ2v) is 7.93.